The van der Waals surface area contributed by atoms with Crippen LogP contribution in [0.4, 0.5) is 0 Å². The SMILES string of the molecule is Cc1cccnc1CNCC(O)COC1CCCC(C)C1. The molecule has 1 saturated carbocycles. The van der Waals surface area contributed by atoms with Crippen molar-refractivity contribution in [1.29, 1.82) is 0 Å². The lowest BCUT2D eigenvalue weighted by atomic mass is 9.89. The van der Waals surface area contributed by atoms with Crippen LogP contribution in [-0.4, -0.2) is 35.5 Å². The van der Waals surface area contributed by atoms with Crippen LogP contribution in [0.25, 0.3) is 0 Å². The Kier molecular flexibility index (Phi) is 6.61. The molecule has 21 heavy (non-hydrogen) atoms. The second-order valence-corrected chi connectivity index (χ2v) is 6.28. The largest absolute Gasteiger partial charge is 0.389 e. The first-order chi connectivity index (χ1) is 10.1. The number of ether oxygens (including phenoxy) is 1. The summed E-state index contributed by atoms with van der Waals surface area (Å²) in [6.07, 6.45) is 6.51. The van der Waals surface area contributed by atoms with Gasteiger partial charge in [0.05, 0.1) is 24.5 Å². The van der Waals surface area contributed by atoms with E-state index in [0.717, 1.165) is 24.5 Å². The van der Waals surface area contributed by atoms with E-state index in [1.54, 1.807) is 6.20 Å². The first kappa shape index (κ1) is 16.4. The van der Waals surface area contributed by atoms with Crippen LogP contribution in [0.3, 0.4) is 0 Å². The van der Waals surface area contributed by atoms with Gasteiger partial charge in [0.25, 0.3) is 0 Å². The second-order valence-electron chi connectivity index (χ2n) is 6.28. The lowest BCUT2D eigenvalue weighted by Gasteiger charge is -2.27. The number of aryl methyl sites for hydroxylation is 1. The van der Waals surface area contributed by atoms with Crippen molar-refractivity contribution in [3.63, 3.8) is 0 Å². The minimum atomic E-state index is -0.453. The molecule has 3 atom stereocenters. The first-order valence-electron chi connectivity index (χ1n) is 8.06. The van der Waals surface area contributed by atoms with Gasteiger partial charge >= 0.3 is 0 Å². The molecular weight excluding hydrogens is 264 g/mol. The van der Waals surface area contributed by atoms with Gasteiger partial charge in [-0.2, -0.15) is 0 Å². The van der Waals surface area contributed by atoms with Crippen LogP contribution >= 0.6 is 0 Å². The molecule has 2 rings (SSSR count). The van der Waals surface area contributed by atoms with Crippen LogP contribution in [0.15, 0.2) is 18.3 Å². The van der Waals surface area contributed by atoms with Gasteiger partial charge in [0, 0.05) is 19.3 Å². The fourth-order valence-corrected chi connectivity index (χ4v) is 2.90. The van der Waals surface area contributed by atoms with Crippen molar-refractivity contribution in [1.82, 2.24) is 10.3 Å². The van der Waals surface area contributed by atoms with Gasteiger partial charge in [-0.3, -0.25) is 4.98 Å². The molecule has 1 aliphatic rings. The Labute approximate surface area is 127 Å². The molecule has 1 aromatic heterocycles. The molecule has 2 N–H and O–H groups in total. The van der Waals surface area contributed by atoms with Gasteiger partial charge in [0.15, 0.2) is 0 Å². The van der Waals surface area contributed by atoms with Gasteiger partial charge in [0.1, 0.15) is 0 Å². The molecule has 0 amide bonds. The van der Waals surface area contributed by atoms with E-state index in [4.69, 9.17) is 4.74 Å². The topological polar surface area (TPSA) is 54.4 Å². The molecule has 0 bridgehead atoms. The number of aliphatic hydroxyl groups is 1. The van der Waals surface area contributed by atoms with Crippen molar-refractivity contribution in [2.24, 2.45) is 5.92 Å². The lowest BCUT2D eigenvalue weighted by molar-refractivity contribution is -0.0306. The number of aliphatic hydroxyl groups excluding tert-OH is 1. The third-order valence-corrected chi connectivity index (χ3v) is 4.20. The molecule has 1 heterocycles. The minimum absolute atomic E-state index is 0.335. The highest BCUT2D eigenvalue weighted by Crippen LogP contribution is 2.25. The summed E-state index contributed by atoms with van der Waals surface area (Å²) in [5, 5.41) is 13.2. The zero-order chi connectivity index (χ0) is 15.1. The maximum Gasteiger partial charge on any atom is 0.0897 e. The minimum Gasteiger partial charge on any atom is -0.389 e. The molecule has 1 aliphatic carbocycles. The summed E-state index contributed by atoms with van der Waals surface area (Å²) in [7, 11) is 0. The summed E-state index contributed by atoms with van der Waals surface area (Å²) >= 11 is 0. The highest BCUT2D eigenvalue weighted by molar-refractivity contribution is 5.17. The van der Waals surface area contributed by atoms with Gasteiger partial charge in [-0.15, -0.1) is 0 Å². The van der Waals surface area contributed by atoms with E-state index in [1.165, 1.54) is 18.4 Å². The molecule has 1 fully saturated rings. The maximum atomic E-state index is 9.99. The molecular formula is C17H28N2O2. The Morgan fingerprint density at radius 1 is 1.48 bits per heavy atom. The smallest absolute Gasteiger partial charge is 0.0897 e. The zero-order valence-corrected chi connectivity index (χ0v) is 13.2. The normalized spacial score (nSPS) is 24.0. The van der Waals surface area contributed by atoms with Crippen molar-refractivity contribution >= 4 is 0 Å². The van der Waals surface area contributed by atoms with Gasteiger partial charge in [-0.25, -0.2) is 0 Å². The van der Waals surface area contributed by atoms with E-state index in [1.807, 2.05) is 19.1 Å². The van der Waals surface area contributed by atoms with Crippen LogP contribution in [0, 0.1) is 12.8 Å². The second kappa shape index (κ2) is 8.47. The summed E-state index contributed by atoms with van der Waals surface area (Å²) in [5.41, 5.74) is 2.21. The van der Waals surface area contributed by atoms with Gasteiger partial charge in [-0.05, 0) is 37.3 Å². The Bertz CT molecular complexity index is 425. The van der Waals surface area contributed by atoms with E-state index in [0.29, 0.717) is 25.8 Å². The van der Waals surface area contributed by atoms with E-state index in [9.17, 15) is 5.11 Å². The van der Waals surface area contributed by atoms with Crippen LogP contribution in [0.5, 0.6) is 0 Å². The number of nitrogens with one attached hydrogen (secondary N) is 1. The quantitative estimate of drug-likeness (QED) is 0.810. The monoisotopic (exact) mass is 292 g/mol. The molecule has 0 spiro atoms. The Hall–Kier alpha value is -0.970. The summed E-state index contributed by atoms with van der Waals surface area (Å²) in [6.45, 7) is 5.98. The van der Waals surface area contributed by atoms with Crippen LogP contribution < -0.4 is 5.32 Å². The van der Waals surface area contributed by atoms with Crippen molar-refractivity contribution < 1.29 is 9.84 Å². The number of hydrogen-bond donors (Lipinski definition) is 2. The van der Waals surface area contributed by atoms with Gasteiger partial charge < -0.3 is 15.2 Å². The highest BCUT2D eigenvalue weighted by atomic mass is 16.5. The molecule has 118 valence electrons. The Morgan fingerprint density at radius 2 is 2.33 bits per heavy atom. The standard InChI is InChI=1S/C17H28N2O2/c1-13-5-3-7-16(9-13)21-12-15(20)10-18-11-17-14(2)6-4-8-19-17/h4,6,8,13,15-16,18,20H,3,5,7,9-12H2,1-2H3. The van der Waals surface area contributed by atoms with E-state index in [2.05, 4.69) is 17.2 Å². The first-order valence-corrected chi connectivity index (χ1v) is 8.06. The van der Waals surface area contributed by atoms with Crippen molar-refractivity contribution in [2.45, 2.75) is 58.3 Å². The third kappa shape index (κ3) is 5.73. The van der Waals surface area contributed by atoms with E-state index in [-0.39, 0.29) is 0 Å². The molecule has 0 aromatic carbocycles. The average Bonchev–Trinajstić information content (AvgIpc) is 2.47. The number of nitrogens with zero attached hydrogens (tertiary/aromatic N) is 1. The third-order valence-electron chi connectivity index (χ3n) is 4.20. The number of aromatic nitrogens is 1. The van der Waals surface area contributed by atoms with Crippen molar-refractivity contribution in [3.8, 4) is 0 Å². The molecule has 3 unspecified atom stereocenters. The summed E-state index contributed by atoms with van der Waals surface area (Å²) in [5.74, 6) is 0.756. The number of hydrogen-bond acceptors (Lipinski definition) is 4. The zero-order valence-electron chi connectivity index (χ0n) is 13.2. The number of rotatable bonds is 7. The van der Waals surface area contributed by atoms with Crippen molar-refractivity contribution in [3.05, 3.63) is 29.6 Å². The maximum absolute atomic E-state index is 9.99. The molecule has 0 radical (unpaired) electrons. The molecule has 1 aromatic rings. The predicted octanol–water partition coefficient (Wildman–Crippen LogP) is 2.44. The Balaban J connectivity index is 1.61. The molecule has 0 aliphatic heterocycles. The molecule has 4 nitrogen and oxygen atoms in total. The number of pyridine rings is 1. The molecule has 0 saturated heterocycles. The predicted molar refractivity (Wildman–Crippen MR) is 84.1 cm³/mol. The average molecular weight is 292 g/mol. The lowest BCUT2D eigenvalue weighted by Crippen LogP contribution is -2.33. The van der Waals surface area contributed by atoms with E-state index < -0.39 is 6.10 Å². The summed E-state index contributed by atoms with van der Waals surface area (Å²) < 4.78 is 5.84. The van der Waals surface area contributed by atoms with Crippen LogP contribution in [0.1, 0.15) is 43.9 Å². The summed E-state index contributed by atoms with van der Waals surface area (Å²) in [6, 6.07) is 3.99. The molecule has 4 heteroatoms. The van der Waals surface area contributed by atoms with Gasteiger partial charge in [0.2, 0.25) is 0 Å². The highest BCUT2D eigenvalue weighted by Gasteiger charge is 2.20. The van der Waals surface area contributed by atoms with E-state index >= 15 is 0 Å². The van der Waals surface area contributed by atoms with Crippen LogP contribution in [-0.2, 0) is 11.3 Å². The van der Waals surface area contributed by atoms with Crippen LogP contribution in [0.2, 0.25) is 0 Å². The van der Waals surface area contributed by atoms with Crippen molar-refractivity contribution in [2.75, 3.05) is 13.2 Å². The fraction of sp³-hybridized carbons (Fsp3) is 0.706. The Morgan fingerprint density at radius 3 is 3.10 bits per heavy atom. The summed E-state index contributed by atoms with van der Waals surface area (Å²) in [4.78, 5) is 4.33. The fourth-order valence-electron chi connectivity index (χ4n) is 2.90. The van der Waals surface area contributed by atoms with Gasteiger partial charge in [-0.1, -0.05) is 25.8 Å².